The number of anilines is 2. The van der Waals surface area contributed by atoms with Crippen LogP contribution in [0.3, 0.4) is 0 Å². The van der Waals surface area contributed by atoms with E-state index >= 15 is 0 Å². The van der Waals surface area contributed by atoms with Gasteiger partial charge in [0.25, 0.3) is 10.0 Å². The molecule has 1 fully saturated rings. The highest BCUT2D eigenvalue weighted by atomic mass is 32.2. The van der Waals surface area contributed by atoms with Gasteiger partial charge >= 0.3 is 0 Å². The van der Waals surface area contributed by atoms with E-state index in [-0.39, 0.29) is 21.7 Å². The molecule has 30 heavy (non-hydrogen) atoms. The van der Waals surface area contributed by atoms with Crippen molar-refractivity contribution in [3.8, 4) is 6.07 Å². The fraction of sp³-hybridized carbons (Fsp3) is 0.381. The highest BCUT2D eigenvalue weighted by Crippen LogP contribution is 2.33. The molecule has 1 aliphatic heterocycles. The van der Waals surface area contributed by atoms with E-state index in [1.165, 1.54) is 18.2 Å². The number of alkyl halides is 1. The fourth-order valence-corrected chi connectivity index (χ4v) is 4.94. The molecule has 0 aromatic heterocycles. The Balaban J connectivity index is 2.02. The second kappa shape index (κ2) is 9.00. The molecule has 0 amide bonds. The number of halogens is 1. The molecule has 0 radical (unpaired) electrons. The molecule has 160 valence electrons. The van der Waals surface area contributed by atoms with Gasteiger partial charge in [-0.25, -0.2) is 12.8 Å². The highest BCUT2D eigenvalue weighted by Gasteiger charge is 2.25. The number of aliphatic hydroxyl groups excluding tert-OH is 1. The lowest BCUT2D eigenvalue weighted by Crippen LogP contribution is -2.35. The average molecular weight is 434 g/mol. The first-order chi connectivity index (χ1) is 14.2. The number of nitriles is 1. The monoisotopic (exact) mass is 433 g/mol. The lowest BCUT2D eigenvalue weighted by atomic mass is 10.1. The molecule has 0 spiro atoms. The third kappa shape index (κ3) is 4.73. The standard InChI is InChI=1S/C21H24FN3O4S/c1-2-15-4-5-16(21(26)27)12-20(15)30(28,29)24-18-11-14(13-23)3-6-19(18)25-9-7-17(22)8-10-25/h3-6,11-12,17,21,24,26-27H,2,7-10H2,1H3. The van der Waals surface area contributed by atoms with E-state index < -0.39 is 22.5 Å². The summed E-state index contributed by atoms with van der Waals surface area (Å²) in [6, 6.07) is 10.9. The van der Waals surface area contributed by atoms with Crippen LogP contribution in [0.5, 0.6) is 0 Å². The minimum absolute atomic E-state index is 0.0589. The first-order valence-electron chi connectivity index (χ1n) is 9.70. The Morgan fingerprint density at radius 1 is 1.23 bits per heavy atom. The molecule has 0 atom stereocenters. The third-order valence-corrected chi connectivity index (χ3v) is 6.64. The van der Waals surface area contributed by atoms with Gasteiger partial charge < -0.3 is 15.1 Å². The molecule has 0 bridgehead atoms. The molecular formula is C21H24FN3O4S. The summed E-state index contributed by atoms with van der Waals surface area (Å²) in [6.45, 7) is 2.68. The predicted octanol–water partition coefficient (Wildman–Crippen LogP) is 2.84. The molecule has 0 aliphatic carbocycles. The van der Waals surface area contributed by atoms with Gasteiger partial charge in [-0.1, -0.05) is 19.1 Å². The van der Waals surface area contributed by atoms with E-state index in [1.807, 2.05) is 11.0 Å². The fourth-order valence-electron chi connectivity index (χ4n) is 3.53. The first-order valence-corrected chi connectivity index (χ1v) is 11.2. The van der Waals surface area contributed by atoms with Crippen molar-refractivity contribution in [2.75, 3.05) is 22.7 Å². The van der Waals surface area contributed by atoms with Gasteiger partial charge in [-0.2, -0.15) is 5.26 Å². The summed E-state index contributed by atoms with van der Waals surface area (Å²) in [6.07, 6.45) is -1.55. The van der Waals surface area contributed by atoms with E-state index in [0.29, 0.717) is 43.6 Å². The molecule has 2 aromatic carbocycles. The molecule has 9 heteroatoms. The molecule has 3 rings (SSSR count). The largest absolute Gasteiger partial charge is 0.370 e. The summed E-state index contributed by atoms with van der Waals surface area (Å²) < 4.78 is 42.5. The highest BCUT2D eigenvalue weighted by molar-refractivity contribution is 7.92. The Bertz CT molecular complexity index is 1060. The van der Waals surface area contributed by atoms with E-state index in [2.05, 4.69) is 4.72 Å². The van der Waals surface area contributed by atoms with Crippen LogP contribution in [0.1, 0.15) is 42.7 Å². The number of benzene rings is 2. The van der Waals surface area contributed by atoms with Crippen LogP contribution in [0.25, 0.3) is 0 Å². The van der Waals surface area contributed by atoms with Crippen molar-refractivity contribution in [2.45, 2.75) is 43.5 Å². The van der Waals surface area contributed by atoms with E-state index in [0.717, 1.165) is 0 Å². The number of aryl methyl sites for hydroxylation is 1. The summed E-state index contributed by atoms with van der Waals surface area (Å²) >= 11 is 0. The molecule has 1 aliphatic rings. The Morgan fingerprint density at radius 2 is 1.93 bits per heavy atom. The zero-order chi connectivity index (χ0) is 21.9. The van der Waals surface area contributed by atoms with Gasteiger partial charge in [-0.3, -0.25) is 4.72 Å². The van der Waals surface area contributed by atoms with Gasteiger partial charge in [0.15, 0.2) is 6.29 Å². The third-order valence-electron chi connectivity index (χ3n) is 5.19. The second-order valence-electron chi connectivity index (χ2n) is 7.21. The second-order valence-corrected chi connectivity index (χ2v) is 8.86. The van der Waals surface area contributed by atoms with Crippen LogP contribution in [-0.2, 0) is 16.4 Å². The summed E-state index contributed by atoms with van der Waals surface area (Å²) in [5.74, 6) is 0. The SMILES string of the molecule is CCc1ccc(C(O)O)cc1S(=O)(=O)Nc1cc(C#N)ccc1N1CCC(F)CC1. The number of rotatable bonds is 6. The summed E-state index contributed by atoms with van der Waals surface area (Å²) in [4.78, 5) is 1.83. The number of nitrogens with one attached hydrogen (secondary N) is 1. The van der Waals surface area contributed by atoms with Gasteiger partial charge in [-0.15, -0.1) is 0 Å². The maximum atomic E-state index is 13.5. The predicted molar refractivity (Wildman–Crippen MR) is 111 cm³/mol. The number of sulfonamides is 1. The molecule has 7 nitrogen and oxygen atoms in total. The number of hydrogen-bond donors (Lipinski definition) is 3. The number of piperidine rings is 1. The minimum Gasteiger partial charge on any atom is -0.370 e. The smallest absolute Gasteiger partial charge is 0.262 e. The van der Waals surface area contributed by atoms with Gasteiger partial charge in [0, 0.05) is 18.7 Å². The number of aliphatic hydroxyl groups is 2. The molecular weight excluding hydrogens is 409 g/mol. The van der Waals surface area contributed by atoms with Crippen molar-refractivity contribution in [3.63, 3.8) is 0 Å². The van der Waals surface area contributed by atoms with Gasteiger partial charge in [0.1, 0.15) is 6.17 Å². The van der Waals surface area contributed by atoms with Crippen LogP contribution in [0.2, 0.25) is 0 Å². The minimum atomic E-state index is -4.09. The van der Waals surface area contributed by atoms with Crippen LogP contribution >= 0.6 is 0 Å². The van der Waals surface area contributed by atoms with Gasteiger partial charge in [-0.05, 0) is 49.1 Å². The van der Waals surface area contributed by atoms with Gasteiger partial charge in [0.05, 0.1) is 27.9 Å². The molecule has 2 aromatic rings. The topological polar surface area (TPSA) is 114 Å². The zero-order valence-corrected chi connectivity index (χ0v) is 17.4. The van der Waals surface area contributed by atoms with Crippen LogP contribution < -0.4 is 9.62 Å². The van der Waals surface area contributed by atoms with E-state index in [1.54, 1.807) is 25.1 Å². The quantitative estimate of drug-likeness (QED) is 0.604. The van der Waals surface area contributed by atoms with Crippen molar-refractivity contribution in [1.82, 2.24) is 0 Å². The summed E-state index contributed by atoms with van der Waals surface area (Å²) in [5.41, 5.74) is 1.66. The van der Waals surface area contributed by atoms with E-state index in [4.69, 9.17) is 0 Å². The Hall–Kier alpha value is -2.67. The van der Waals surface area contributed by atoms with Crippen molar-refractivity contribution in [2.24, 2.45) is 0 Å². The van der Waals surface area contributed by atoms with Crippen molar-refractivity contribution >= 4 is 21.4 Å². The molecule has 0 saturated carbocycles. The van der Waals surface area contributed by atoms with Crippen molar-refractivity contribution in [3.05, 3.63) is 53.1 Å². The van der Waals surface area contributed by atoms with Crippen LogP contribution in [0.15, 0.2) is 41.3 Å². The Labute approximate surface area is 175 Å². The number of nitrogens with zero attached hydrogens (tertiary/aromatic N) is 2. The summed E-state index contributed by atoms with van der Waals surface area (Å²) in [7, 11) is -4.09. The summed E-state index contributed by atoms with van der Waals surface area (Å²) in [5, 5.41) is 28.1. The number of hydrogen-bond acceptors (Lipinski definition) is 6. The maximum absolute atomic E-state index is 13.5. The van der Waals surface area contributed by atoms with Gasteiger partial charge in [0.2, 0.25) is 0 Å². The van der Waals surface area contributed by atoms with Crippen molar-refractivity contribution < 1.29 is 23.0 Å². The molecule has 0 unspecified atom stereocenters. The lowest BCUT2D eigenvalue weighted by Gasteiger charge is -2.32. The molecule has 3 N–H and O–H groups in total. The van der Waals surface area contributed by atoms with Crippen LogP contribution in [0, 0.1) is 11.3 Å². The Morgan fingerprint density at radius 3 is 2.53 bits per heavy atom. The van der Waals surface area contributed by atoms with Crippen LogP contribution in [-0.4, -0.2) is 37.9 Å². The Kier molecular flexibility index (Phi) is 6.61. The normalized spacial score (nSPS) is 15.3. The van der Waals surface area contributed by atoms with Crippen LogP contribution in [0.4, 0.5) is 15.8 Å². The zero-order valence-electron chi connectivity index (χ0n) is 16.5. The lowest BCUT2D eigenvalue weighted by molar-refractivity contribution is -0.0426. The first kappa shape index (κ1) is 22.0. The maximum Gasteiger partial charge on any atom is 0.262 e. The van der Waals surface area contributed by atoms with E-state index in [9.17, 15) is 28.3 Å². The van der Waals surface area contributed by atoms with Crippen molar-refractivity contribution in [1.29, 1.82) is 5.26 Å². The average Bonchev–Trinajstić information content (AvgIpc) is 2.73. The molecule has 1 heterocycles. The molecule has 1 saturated heterocycles.